The van der Waals surface area contributed by atoms with Crippen LogP contribution in [0.5, 0.6) is 0 Å². The fourth-order valence-electron chi connectivity index (χ4n) is 3.06. The Hall–Kier alpha value is -1.76. The van der Waals surface area contributed by atoms with Crippen LogP contribution in [0.2, 0.25) is 0 Å². The summed E-state index contributed by atoms with van der Waals surface area (Å²) in [5.74, 6) is 1.11. The number of benzene rings is 3. The third-order valence-corrected chi connectivity index (χ3v) is 4.72. The van der Waals surface area contributed by atoms with E-state index in [2.05, 4.69) is 66.7 Å². The van der Waals surface area contributed by atoms with E-state index in [4.69, 9.17) is 23.2 Å². The van der Waals surface area contributed by atoms with Gasteiger partial charge in [-0.3, -0.25) is 0 Å². The standard InChI is InChI=1S/C21H18Cl2/c22-14-18-12-7-13-19(20(18)15-23)21(16-8-3-1-4-9-16)17-10-5-2-6-11-17/h1-13,21H,14-15H2. The molecule has 0 bridgehead atoms. The predicted octanol–water partition coefficient (Wildman–Crippen LogP) is 6.34. The van der Waals surface area contributed by atoms with E-state index in [9.17, 15) is 0 Å². The normalized spacial score (nSPS) is 10.9. The molecule has 0 fully saturated rings. The third kappa shape index (κ3) is 3.44. The van der Waals surface area contributed by atoms with Crippen LogP contribution >= 0.6 is 23.2 Å². The summed E-state index contributed by atoms with van der Waals surface area (Å²) in [5.41, 5.74) is 6.00. The zero-order valence-corrected chi connectivity index (χ0v) is 14.3. The van der Waals surface area contributed by atoms with Crippen molar-refractivity contribution in [3.8, 4) is 0 Å². The van der Waals surface area contributed by atoms with Gasteiger partial charge >= 0.3 is 0 Å². The van der Waals surface area contributed by atoms with Crippen molar-refractivity contribution >= 4 is 23.2 Å². The molecular formula is C21H18Cl2. The molecule has 3 aromatic rings. The number of hydrogen-bond acceptors (Lipinski definition) is 0. The molecule has 0 heterocycles. The van der Waals surface area contributed by atoms with Crippen LogP contribution in [0.3, 0.4) is 0 Å². The van der Waals surface area contributed by atoms with Crippen molar-refractivity contribution in [2.75, 3.05) is 0 Å². The smallest absolute Gasteiger partial charge is 0.0480 e. The van der Waals surface area contributed by atoms with Crippen LogP contribution in [-0.4, -0.2) is 0 Å². The highest BCUT2D eigenvalue weighted by Crippen LogP contribution is 2.35. The SMILES string of the molecule is ClCc1cccc(C(c2ccccc2)c2ccccc2)c1CCl. The second-order valence-corrected chi connectivity index (χ2v) is 6.04. The molecule has 0 N–H and O–H groups in total. The number of halogens is 2. The van der Waals surface area contributed by atoms with Crippen LogP contribution in [0.25, 0.3) is 0 Å². The first kappa shape index (κ1) is 16.1. The Bertz CT molecular complexity index is 712. The molecule has 0 aromatic heterocycles. The fraction of sp³-hybridized carbons (Fsp3) is 0.143. The van der Waals surface area contributed by atoms with Gasteiger partial charge in [0.15, 0.2) is 0 Å². The molecular weight excluding hydrogens is 323 g/mol. The van der Waals surface area contributed by atoms with Crippen molar-refractivity contribution in [1.29, 1.82) is 0 Å². The van der Waals surface area contributed by atoms with E-state index in [0.717, 1.165) is 11.1 Å². The van der Waals surface area contributed by atoms with Crippen LogP contribution < -0.4 is 0 Å². The number of hydrogen-bond donors (Lipinski definition) is 0. The first-order valence-corrected chi connectivity index (χ1v) is 8.74. The summed E-state index contributed by atoms with van der Waals surface area (Å²) in [6.45, 7) is 0. The van der Waals surface area contributed by atoms with E-state index in [1.165, 1.54) is 16.7 Å². The van der Waals surface area contributed by atoms with Gasteiger partial charge in [-0.25, -0.2) is 0 Å². The highest BCUT2D eigenvalue weighted by Gasteiger charge is 2.20. The lowest BCUT2D eigenvalue weighted by Crippen LogP contribution is -2.07. The lowest BCUT2D eigenvalue weighted by molar-refractivity contribution is 0.952. The number of alkyl halides is 2. The molecule has 2 heteroatoms. The molecule has 0 aliphatic carbocycles. The highest BCUT2D eigenvalue weighted by atomic mass is 35.5. The van der Waals surface area contributed by atoms with Crippen molar-refractivity contribution in [3.05, 3.63) is 107 Å². The van der Waals surface area contributed by atoms with Crippen LogP contribution in [0.4, 0.5) is 0 Å². The minimum absolute atomic E-state index is 0.161. The van der Waals surface area contributed by atoms with Crippen molar-refractivity contribution < 1.29 is 0 Å². The minimum Gasteiger partial charge on any atom is -0.122 e. The third-order valence-electron chi connectivity index (χ3n) is 4.16. The maximum absolute atomic E-state index is 6.28. The molecule has 0 atom stereocenters. The zero-order chi connectivity index (χ0) is 16.1. The first-order chi connectivity index (χ1) is 11.3. The van der Waals surface area contributed by atoms with E-state index >= 15 is 0 Å². The van der Waals surface area contributed by atoms with Gasteiger partial charge in [0, 0.05) is 17.7 Å². The summed E-state index contributed by atoms with van der Waals surface area (Å²) in [7, 11) is 0. The Kier molecular flexibility index (Phi) is 5.38. The Balaban J connectivity index is 2.21. The Labute approximate surface area is 147 Å². The summed E-state index contributed by atoms with van der Waals surface area (Å²) in [5, 5.41) is 0. The van der Waals surface area contributed by atoms with Gasteiger partial charge in [-0.15, -0.1) is 23.2 Å². The monoisotopic (exact) mass is 340 g/mol. The summed E-state index contributed by atoms with van der Waals surface area (Å²) in [6, 6.07) is 27.4. The molecule has 0 amide bonds. The molecule has 116 valence electrons. The summed E-state index contributed by atoms with van der Waals surface area (Å²) in [6.07, 6.45) is 0. The highest BCUT2D eigenvalue weighted by molar-refractivity contribution is 6.18. The van der Waals surface area contributed by atoms with Gasteiger partial charge in [0.2, 0.25) is 0 Å². The van der Waals surface area contributed by atoms with E-state index in [-0.39, 0.29) is 5.92 Å². The molecule has 0 unspecified atom stereocenters. The Morgan fingerprint density at radius 2 is 1.17 bits per heavy atom. The van der Waals surface area contributed by atoms with Gasteiger partial charge in [0.25, 0.3) is 0 Å². The summed E-state index contributed by atoms with van der Waals surface area (Å²) < 4.78 is 0. The Morgan fingerprint density at radius 1 is 0.609 bits per heavy atom. The predicted molar refractivity (Wildman–Crippen MR) is 99.4 cm³/mol. The van der Waals surface area contributed by atoms with Crippen LogP contribution in [0.15, 0.2) is 78.9 Å². The first-order valence-electron chi connectivity index (χ1n) is 7.67. The molecule has 0 saturated carbocycles. The largest absolute Gasteiger partial charge is 0.122 e. The van der Waals surface area contributed by atoms with Crippen LogP contribution in [0.1, 0.15) is 33.7 Å². The Morgan fingerprint density at radius 3 is 1.65 bits per heavy atom. The molecule has 0 radical (unpaired) electrons. The number of rotatable bonds is 5. The summed E-state index contributed by atoms with van der Waals surface area (Å²) in [4.78, 5) is 0. The lowest BCUT2D eigenvalue weighted by Gasteiger charge is -2.22. The van der Waals surface area contributed by atoms with E-state index in [1.807, 2.05) is 12.1 Å². The lowest BCUT2D eigenvalue weighted by atomic mass is 9.82. The van der Waals surface area contributed by atoms with Gasteiger partial charge in [0.1, 0.15) is 0 Å². The maximum atomic E-state index is 6.28. The molecule has 0 aliphatic rings. The fourth-order valence-corrected chi connectivity index (χ4v) is 3.63. The average molecular weight is 341 g/mol. The van der Waals surface area contributed by atoms with Gasteiger partial charge < -0.3 is 0 Å². The zero-order valence-electron chi connectivity index (χ0n) is 12.8. The maximum Gasteiger partial charge on any atom is 0.0480 e. The van der Waals surface area contributed by atoms with Crippen molar-refractivity contribution in [3.63, 3.8) is 0 Å². The average Bonchev–Trinajstić information content (AvgIpc) is 2.63. The molecule has 0 spiro atoms. The van der Waals surface area contributed by atoms with Crippen molar-refractivity contribution in [1.82, 2.24) is 0 Å². The van der Waals surface area contributed by atoms with Gasteiger partial charge in [0.05, 0.1) is 0 Å². The van der Waals surface area contributed by atoms with Gasteiger partial charge in [-0.1, -0.05) is 78.9 Å². The van der Waals surface area contributed by atoms with E-state index in [0.29, 0.717) is 11.8 Å². The van der Waals surface area contributed by atoms with E-state index < -0.39 is 0 Å². The minimum atomic E-state index is 0.161. The molecule has 3 rings (SSSR count). The second-order valence-electron chi connectivity index (χ2n) is 5.51. The quantitative estimate of drug-likeness (QED) is 0.375. The molecule has 23 heavy (non-hydrogen) atoms. The molecule has 0 aliphatic heterocycles. The molecule has 0 saturated heterocycles. The second kappa shape index (κ2) is 7.68. The molecule has 0 nitrogen and oxygen atoms in total. The van der Waals surface area contributed by atoms with E-state index in [1.54, 1.807) is 0 Å². The van der Waals surface area contributed by atoms with Crippen molar-refractivity contribution in [2.24, 2.45) is 0 Å². The van der Waals surface area contributed by atoms with Crippen molar-refractivity contribution in [2.45, 2.75) is 17.7 Å². The van der Waals surface area contributed by atoms with Crippen LogP contribution in [0, 0.1) is 0 Å². The topological polar surface area (TPSA) is 0 Å². The van der Waals surface area contributed by atoms with Gasteiger partial charge in [-0.05, 0) is 27.8 Å². The molecule has 3 aromatic carbocycles. The van der Waals surface area contributed by atoms with Crippen LogP contribution in [-0.2, 0) is 11.8 Å². The summed E-state index contributed by atoms with van der Waals surface area (Å²) >= 11 is 12.4. The van der Waals surface area contributed by atoms with Gasteiger partial charge in [-0.2, -0.15) is 0 Å².